The molecule has 0 bridgehead atoms. The lowest BCUT2D eigenvalue weighted by Crippen LogP contribution is -2.33. The molecule has 0 amide bonds. The molecule has 0 N–H and O–H groups in total. The lowest BCUT2D eigenvalue weighted by atomic mass is 9.79. The maximum Gasteiger partial charge on any atom is 0.237 e. The fourth-order valence-electron chi connectivity index (χ4n) is 3.73. The van der Waals surface area contributed by atoms with Crippen LogP contribution < -0.4 is 0 Å². The topological polar surface area (TPSA) is 22.0 Å². The normalized spacial score (nSPS) is 11.8. The minimum absolute atomic E-state index is 0.226. The molecule has 0 aliphatic carbocycles. The van der Waals surface area contributed by atoms with Gasteiger partial charge in [0.1, 0.15) is 0 Å². The predicted molar refractivity (Wildman–Crippen MR) is 111 cm³/mol. The molecular formula is C23H27NOS. The lowest BCUT2D eigenvalue weighted by Gasteiger charge is -2.29. The number of carbonyl (C=O) groups excluding carboxylic acids is 1. The van der Waals surface area contributed by atoms with Crippen molar-refractivity contribution in [1.29, 1.82) is 0 Å². The van der Waals surface area contributed by atoms with Crippen molar-refractivity contribution in [1.82, 2.24) is 4.57 Å². The van der Waals surface area contributed by atoms with E-state index < -0.39 is 0 Å². The monoisotopic (exact) mass is 365 g/mol. The van der Waals surface area contributed by atoms with Gasteiger partial charge < -0.3 is 0 Å². The third-order valence-electron chi connectivity index (χ3n) is 5.66. The van der Waals surface area contributed by atoms with E-state index >= 15 is 0 Å². The standard InChI is InChI=1S/C23H27NOS/c1-5-23(6-2,7-3)22(25)24-16-17(4)19-14-11-15-20(21(19)24)26-18-12-9-8-10-13-18/h8-16H,5-7H2,1-4H3. The first-order valence-electron chi connectivity index (χ1n) is 9.44. The van der Waals surface area contributed by atoms with Gasteiger partial charge in [-0.15, -0.1) is 0 Å². The van der Waals surface area contributed by atoms with E-state index in [9.17, 15) is 4.79 Å². The van der Waals surface area contributed by atoms with Crippen molar-refractivity contribution in [3.8, 4) is 0 Å². The number of nitrogens with zero attached hydrogens (tertiary/aromatic N) is 1. The molecule has 1 heterocycles. The van der Waals surface area contributed by atoms with Crippen molar-refractivity contribution in [2.45, 2.75) is 56.7 Å². The van der Waals surface area contributed by atoms with Crippen LogP contribution in [0.15, 0.2) is 64.5 Å². The van der Waals surface area contributed by atoms with E-state index in [1.54, 1.807) is 11.8 Å². The summed E-state index contributed by atoms with van der Waals surface area (Å²) in [6, 6.07) is 16.7. The van der Waals surface area contributed by atoms with Gasteiger partial charge in [-0.05, 0) is 49.9 Å². The Morgan fingerprint density at radius 1 is 0.962 bits per heavy atom. The smallest absolute Gasteiger partial charge is 0.237 e. The average molecular weight is 366 g/mol. The van der Waals surface area contributed by atoms with Crippen molar-refractivity contribution in [3.63, 3.8) is 0 Å². The zero-order valence-electron chi connectivity index (χ0n) is 16.1. The van der Waals surface area contributed by atoms with E-state index in [1.807, 2.05) is 29.0 Å². The van der Waals surface area contributed by atoms with Crippen LogP contribution in [0.5, 0.6) is 0 Å². The molecule has 0 fully saturated rings. The third kappa shape index (κ3) is 3.21. The van der Waals surface area contributed by atoms with Crippen molar-refractivity contribution < 1.29 is 4.79 Å². The number of hydrogen-bond donors (Lipinski definition) is 0. The Labute approximate surface area is 160 Å². The molecular weight excluding hydrogens is 338 g/mol. The Morgan fingerprint density at radius 3 is 2.23 bits per heavy atom. The van der Waals surface area contributed by atoms with Gasteiger partial charge in [-0.1, -0.05) is 62.9 Å². The first kappa shape index (κ1) is 18.8. The molecule has 1 aromatic heterocycles. The quantitative estimate of drug-likeness (QED) is 0.471. The zero-order valence-corrected chi connectivity index (χ0v) is 16.9. The van der Waals surface area contributed by atoms with Gasteiger partial charge in [0, 0.05) is 26.8 Å². The van der Waals surface area contributed by atoms with Crippen LogP contribution in [0.3, 0.4) is 0 Å². The van der Waals surface area contributed by atoms with E-state index in [2.05, 4.69) is 58.0 Å². The molecule has 0 saturated heterocycles. The van der Waals surface area contributed by atoms with Crippen LogP contribution in [0.1, 0.15) is 50.4 Å². The molecule has 26 heavy (non-hydrogen) atoms. The van der Waals surface area contributed by atoms with Crippen LogP contribution in [0.4, 0.5) is 0 Å². The Hall–Kier alpha value is -2.00. The van der Waals surface area contributed by atoms with Gasteiger partial charge in [-0.2, -0.15) is 0 Å². The number of rotatable bonds is 6. The third-order valence-corrected chi connectivity index (χ3v) is 6.72. The largest absolute Gasteiger partial charge is 0.285 e. The van der Waals surface area contributed by atoms with Crippen LogP contribution >= 0.6 is 11.8 Å². The second-order valence-corrected chi connectivity index (χ2v) is 8.01. The van der Waals surface area contributed by atoms with Crippen molar-refractivity contribution in [3.05, 3.63) is 60.3 Å². The first-order valence-corrected chi connectivity index (χ1v) is 10.3. The summed E-state index contributed by atoms with van der Waals surface area (Å²) in [4.78, 5) is 15.9. The average Bonchev–Trinajstić information content (AvgIpc) is 3.02. The molecule has 0 spiro atoms. The summed E-state index contributed by atoms with van der Waals surface area (Å²) >= 11 is 1.72. The first-order chi connectivity index (χ1) is 12.6. The summed E-state index contributed by atoms with van der Waals surface area (Å²) in [6.45, 7) is 8.48. The van der Waals surface area contributed by atoms with Gasteiger partial charge in [0.15, 0.2) is 0 Å². The highest BCUT2D eigenvalue weighted by molar-refractivity contribution is 7.99. The van der Waals surface area contributed by atoms with Crippen molar-refractivity contribution >= 4 is 28.6 Å². The molecule has 0 radical (unpaired) electrons. The number of carbonyl (C=O) groups is 1. The van der Waals surface area contributed by atoms with Gasteiger partial charge in [0.2, 0.25) is 5.91 Å². The van der Waals surface area contributed by atoms with E-state index in [4.69, 9.17) is 0 Å². The van der Waals surface area contributed by atoms with E-state index in [1.165, 1.54) is 4.90 Å². The highest BCUT2D eigenvalue weighted by atomic mass is 32.2. The molecule has 3 heteroatoms. The van der Waals surface area contributed by atoms with E-state index in [0.29, 0.717) is 0 Å². The summed E-state index contributed by atoms with van der Waals surface area (Å²) in [5, 5.41) is 1.16. The minimum Gasteiger partial charge on any atom is -0.285 e. The van der Waals surface area contributed by atoms with Gasteiger partial charge in [0.25, 0.3) is 0 Å². The van der Waals surface area contributed by atoms with E-state index in [-0.39, 0.29) is 11.3 Å². The number of benzene rings is 2. The molecule has 0 atom stereocenters. The molecule has 3 aromatic rings. The Kier molecular flexibility index (Phi) is 5.57. The van der Waals surface area contributed by atoms with Gasteiger partial charge in [0.05, 0.1) is 5.52 Å². The highest BCUT2D eigenvalue weighted by Crippen LogP contribution is 2.39. The summed E-state index contributed by atoms with van der Waals surface area (Å²) in [6.07, 6.45) is 4.63. The highest BCUT2D eigenvalue weighted by Gasteiger charge is 2.35. The van der Waals surface area contributed by atoms with Crippen LogP contribution in [0.25, 0.3) is 10.9 Å². The molecule has 0 aliphatic heterocycles. The van der Waals surface area contributed by atoms with Crippen LogP contribution in [0.2, 0.25) is 0 Å². The molecule has 0 unspecified atom stereocenters. The minimum atomic E-state index is -0.289. The number of fused-ring (bicyclic) bond motifs is 1. The fourth-order valence-corrected chi connectivity index (χ4v) is 4.73. The number of para-hydroxylation sites is 1. The summed E-state index contributed by atoms with van der Waals surface area (Å²) in [5.41, 5.74) is 1.91. The molecule has 136 valence electrons. The molecule has 0 aliphatic rings. The van der Waals surface area contributed by atoms with Crippen molar-refractivity contribution in [2.24, 2.45) is 5.41 Å². The van der Waals surface area contributed by atoms with Crippen LogP contribution in [-0.2, 0) is 0 Å². The molecule has 3 rings (SSSR count). The number of hydrogen-bond acceptors (Lipinski definition) is 2. The van der Waals surface area contributed by atoms with Gasteiger partial charge in [-0.25, -0.2) is 0 Å². The molecule has 2 nitrogen and oxygen atoms in total. The van der Waals surface area contributed by atoms with Crippen molar-refractivity contribution in [2.75, 3.05) is 0 Å². The van der Waals surface area contributed by atoms with E-state index in [0.717, 1.165) is 40.6 Å². The predicted octanol–water partition coefficient (Wildman–Crippen LogP) is 6.96. The SMILES string of the molecule is CCC(CC)(CC)C(=O)n1cc(C)c2cccc(Sc3ccccc3)c21. The second kappa shape index (κ2) is 7.71. The molecule has 0 saturated carbocycles. The maximum absolute atomic E-state index is 13.5. The van der Waals surface area contributed by atoms with Gasteiger partial charge >= 0.3 is 0 Å². The second-order valence-electron chi connectivity index (χ2n) is 6.90. The Morgan fingerprint density at radius 2 is 1.62 bits per heavy atom. The fraction of sp³-hybridized carbons (Fsp3) is 0.348. The zero-order chi connectivity index (χ0) is 18.7. The Balaban J connectivity index is 2.16. The summed E-state index contributed by atoms with van der Waals surface area (Å²) in [7, 11) is 0. The van der Waals surface area contributed by atoms with Gasteiger partial charge in [-0.3, -0.25) is 9.36 Å². The summed E-state index contributed by atoms with van der Waals surface area (Å²) < 4.78 is 1.92. The maximum atomic E-state index is 13.5. The number of aromatic nitrogens is 1. The van der Waals surface area contributed by atoms with Crippen LogP contribution in [-0.4, -0.2) is 10.5 Å². The lowest BCUT2D eigenvalue weighted by molar-refractivity contribution is 0.0674. The Bertz CT molecular complexity index is 898. The van der Waals surface area contributed by atoms with Crippen LogP contribution in [0, 0.1) is 12.3 Å². The number of aryl methyl sites for hydroxylation is 1. The summed E-state index contributed by atoms with van der Waals surface area (Å²) in [5.74, 6) is 0.226. The molecule has 2 aromatic carbocycles.